The first-order chi connectivity index (χ1) is 20.7. The molecule has 0 amide bonds. The molecule has 8 nitrogen and oxygen atoms in total. The van der Waals surface area contributed by atoms with Crippen molar-refractivity contribution in [2.45, 2.75) is 82.1 Å². The molecule has 2 heterocycles. The molecule has 9 heteroatoms. The van der Waals surface area contributed by atoms with Crippen molar-refractivity contribution >= 4 is 34.7 Å². The van der Waals surface area contributed by atoms with Crippen molar-refractivity contribution in [3.05, 3.63) is 53.5 Å². The Kier molecular flexibility index (Phi) is 7.03. The SMILES string of the molecule is COC1(C(=O)CSc2cnc3ccccc3n2)CCC2C3CCC4=Cc5c(cnn5CCC#N)CC4(C)C3C(O)CC21C. The molecule has 7 atom stereocenters. The molecule has 224 valence electrons. The zero-order chi connectivity index (χ0) is 30.0. The Morgan fingerprint density at radius 3 is 2.84 bits per heavy atom. The van der Waals surface area contributed by atoms with Gasteiger partial charge in [0.15, 0.2) is 5.78 Å². The summed E-state index contributed by atoms with van der Waals surface area (Å²) in [6.07, 6.45) is 10.9. The van der Waals surface area contributed by atoms with Gasteiger partial charge in [0.1, 0.15) is 10.6 Å². The molecule has 7 unspecified atom stereocenters. The summed E-state index contributed by atoms with van der Waals surface area (Å²) < 4.78 is 8.24. The highest BCUT2D eigenvalue weighted by atomic mass is 32.2. The number of ether oxygens (including phenoxy) is 1. The molecule has 0 bridgehead atoms. The number of aliphatic hydroxyl groups is 1. The molecular weight excluding hydrogens is 558 g/mol. The lowest BCUT2D eigenvalue weighted by molar-refractivity contribution is -0.185. The van der Waals surface area contributed by atoms with Gasteiger partial charge in [-0.15, -0.1) is 0 Å². The number of aliphatic hydroxyl groups excluding tert-OH is 1. The molecule has 0 radical (unpaired) electrons. The van der Waals surface area contributed by atoms with Crippen LogP contribution in [-0.2, 0) is 22.5 Å². The van der Waals surface area contributed by atoms with Crippen LogP contribution in [0.3, 0.4) is 0 Å². The summed E-state index contributed by atoms with van der Waals surface area (Å²) in [5.74, 6) is 1.08. The van der Waals surface area contributed by atoms with Gasteiger partial charge in [-0.2, -0.15) is 10.4 Å². The van der Waals surface area contributed by atoms with Gasteiger partial charge in [0.05, 0.1) is 60.0 Å². The lowest BCUT2D eigenvalue weighted by Gasteiger charge is -2.61. The number of hydrogen-bond donors (Lipinski definition) is 1. The summed E-state index contributed by atoms with van der Waals surface area (Å²) in [6, 6.07) is 9.99. The van der Waals surface area contributed by atoms with Crippen LogP contribution < -0.4 is 0 Å². The molecule has 2 aromatic heterocycles. The lowest BCUT2D eigenvalue weighted by atomic mass is 9.45. The maximum atomic E-state index is 14.2. The van der Waals surface area contributed by atoms with Gasteiger partial charge in [0.2, 0.25) is 0 Å². The Labute approximate surface area is 256 Å². The van der Waals surface area contributed by atoms with E-state index in [1.165, 1.54) is 22.9 Å². The molecule has 1 aromatic carbocycles. The van der Waals surface area contributed by atoms with E-state index in [0.29, 0.717) is 37.6 Å². The number of rotatable bonds is 7. The van der Waals surface area contributed by atoms with Crippen molar-refractivity contribution in [3.63, 3.8) is 0 Å². The molecular formula is C34H39N5O3S. The third kappa shape index (κ3) is 4.24. The van der Waals surface area contributed by atoms with Crippen molar-refractivity contribution in [1.82, 2.24) is 19.7 Å². The fourth-order valence-corrected chi connectivity index (χ4v) is 10.5. The molecule has 3 fully saturated rings. The number of carbonyl (C=O) groups excluding carboxylic acids is 1. The third-order valence-electron chi connectivity index (χ3n) is 11.6. The predicted octanol–water partition coefficient (Wildman–Crippen LogP) is 5.64. The minimum absolute atomic E-state index is 0.0836. The first kappa shape index (κ1) is 28.7. The van der Waals surface area contributed by atoms with E-state index in [0.717, 1.165) is 47.4 Å². The van der Waals surface area contributed by atoms with E-state index in [2.05, 4.69) is 36.1 Å². The van der Waals surface area contributed by atoms with Gasteiger partial charge >= 0.3 is 0 Å². The highest BCUT2D eigenvalue weighted by Crippen LogP contribution is 2.68. The van der Waals surface area contributed by atoms with Crippen LogP contribution in [0.25, 0.3) is 17.1 Å². The number of methoxy groups -OCH3 is 1. The zero-order valence-corrected chi connectivity index (χ0v) is 25.9. The number of carbonyl (C=O) groups is 1. The van der Waals surface area contributed by atoms with E-state index in [1.807, 2.05) is 35.1 Å². The minimum Gasteiger partial charge on any atom is -0.393 e. The van der Waals surface area contributed by atoms with Crippen molar-refractivity contribution in [1.29, 1.82) is 5.26 Å². The molecule has 7 rings (SSSR count). The number of aromatic nitrogens is 4. The fourth-order valence-electron chi connectivity index (χ4n) is 9.73. The highest BCUT2D eigenvalue weighted by molar-refractivity contribution is 7.99. The summed E-state index contributed by atoms with van der Waals surface area (Å²) in [7, 11) is 1.68. The van der Waals surface area contributed by atoms with E-state index >= 15 is 0 Å². The van der Waals surface area contributed by atoms with E-state index < -0.39 is 17.1 Å². The maximum absolute atomic E-state index is 14.2. The molecule has 4 aliphatic rings. The first-order valence-electron chi connectivity index (χ1n) is 15.5. The Morgan fingerprint density at radius 2 is 2.05 bits per heavy atom. The van der Waals surface area contributed by atoms with Crippen LogP contribution in [0, 0.1) is 39.9 Å². The van der Waals surface area contributed by atoms with Gasteiger partial charge < -0.3 is 9.84 Å². The number of ketones is 1. The van der Waals surface area contributed by atoms with E-state index in [1.54, 1.807) is 13.3 Å². The number of nitriles is 1. The smallest absolute Gasteiger partial charge is 0.175 e. The Balaban J connectivity index is 1.14. The number of allylic oxidation sites excluding steroid dienone is 1. The van der Waals surface area contributed by atoms with Gasteiger partial charge in [0.25, 0.3) is 0 Å². The van der Waals surface area contributed by atoms with E-state index in [9.17, 15) is 9.90 Å². The molecule has 3 saturated carbocycles. The first-order valence-corrected chi connectivity index (χ1v) is 16.5. The van der Waals surface area contributed by atoms with Gasteiger partial charge in [-0.05, 0) is 85.5 Å². The van der Waals surface area contributed by atoms with Gasteiger partial charge in [-0.1, -0.05) is 43.3 Å². The molecule has 43 heavy (non-hydrogen) atoms. The second-order valence-corrected chi connectivity index (χ2v) is 14.4. The number of hydrogen-bond acceptors (Lipinski definition) is 8. The molecule has 0 spiro atoms. The second-order valence-electron chi connectivity index (χ2n) is 13.5. The van der Waals surface area contributed by atoms with Crippen LogP contribution in [-0.4, -0.2) is 55.2 Å². The number of benzene rings is 1. The van der Waals surface area contributed by atoms with Crippen molar-refractivity contribution in [2.24, 2.45) is 28.6 Å². The van der Waals surface area contributed by atoms with Crippen LogP contribution in [0.15, 0.2) is 47.3 Å². The summed E-state index contributed by atoms with van der Waals surface area (Å²) in [5, 5.41) is 26.5. The van der Waals surface area contributed by atoms with Crippen LogP contribution in [0.1, 0.15) is 63.6 Å². The number of nitrogens with zero attached hydrogens (tertiary/aromatic N) is 5. The van der Waals surface area contributed by atoms with Gasteiger partial charge in [0, 0.05) is 12.5 Å². The monoisotopic (exact) mass is 597 g/mol. The summed E-state index contributed by atoms with van der Waals surface area (Å²) >= 11 is 1.42. The predicted molar refractivity (Wildman–Crippen MR) is 165 cm³/mol. The zero-order valence-electron chi connectivity index (χ0n) is 25.1. The topological polar surface area (TPSA) is 114 Å². The standard InChI is InChI=1S/C34H39N5O3S/c1-32-16-21-18-37-39(14-6-13-35)27(21)15-22(32)9-10-23-24-11-12-34(42-3,33(24,2)17-28(40)31(23)32)29(41)20-43-30-19-36-25-7-4-5-8-26(25)38-30/h4-5,7-8,15,18-19,23-24,28,31,40H,6,9-12,14,16-17,20H2,1-3H3. The summed E-state index contributed by atoms with van der Waals surface area (Å²) in [4.78, 5) is 23.4. The number of thioether (sulfide) groups is 1. The van der Waals surface area contributed by atoms with Crippen LogP contribution >= 0.6 is 11.8 Å². The minimum atomic E-state index is -0.931. The van der Waals surface area contributed by atoms with Crippen LogP contribution in [0.4, 0.5) is 0 Å². The number of Topliss-reactive ketones (excluding diaryl/α,β-unsaturated/α-hetero) is 1. The largest absolute Gasteiger partial charge is 0.393 e. The van der Waals surface area contributed by atoms with Crippen LogP contribution in [0.5, 0.6) is 0 Å². The quantitative estimate of drug-likeness (QED) is 0.348. The number of para-hydroxylation sites is 2. The summed E-state index contributed by atoms with van der Waals surface area (Å²) in [6.45, 7) is 5.14. The fraction of sp³-hybridized carbons (Fsp3) is 0.559. The maximum Gasteiger partial charge on any atom is 0.175 e. The molecule has 0 aliphatic heterocycles. The van der Waals surface area contributed by atoms with Crippen molar-refractivity contribution < 1.29 is 14.6 Å². The highest BCUT2D eigenvalue weighted by Gasteiger charge is 2.69. The average Bonchev–Trinajstić information content (AvgIpc) is 3.53. The third-order valence-corrected chi connectivity index (χ3v) is 12.5. The molecule has 4 aliphatic carbocycles. The van der Waals surface area contributed by atoms with Gasteiger partial charge in [-0.3, -0.25) is 14.5 Å². The second kappa shape index (κ2) is 10.5. The number of fused-ring (bicyclic) bond motifs is 7. The Bertz CT molecular complexity index is 1660. The Hall–Kier alpha value is -3.06. The van der Waals surface area contributed by atoms with Crippen molar-refractivity contribution in [3.8, 4) is 6.07 Å². The number of aryl methyl sites for hydroxylation is 1. The van der Waals surface area contributed by atoms with Gasteiger partial charge in [-0.25, -0.2) is 4.98 Å². The van der Waals surface area contributed by atoms with Crippen molar-refractivity contribution in [2.75, 3.05) is 12.9 Å². The molecule has 1 N–H and O–H groups in total. The molecule has 0 saturated heterocycles. The normalized spacial score (nSPS) is 34.4. The average molecular weight is 598 g/mol. The van der Waals surface area contributed by atoms with E-state index in [-0.39, 0.29) is 22.9 Å². The Morgan fingerprint density at radius 1 is 1.23 bits per heavy atom. The van der Waals surface area contributed by atoms with Crippen LogP contribution in [0.2, 0.25) is 0 Å². The lowest BCUT2D eigenvalue weighted by Crippen LogP contribution is -2.62. The molecule has 3 aromatic rings. The van der Waals surface area contributed by atoms with E-state index in [4.69, 9.17) is 15.0 Å². The summed E-state index contributed by atoms with van der Waals surface area (Å²) in [5.41, 5.74) is 3.83.